The van der Waals surface area contributed by atoms with Crippen LogP contribution in [0.4, 0.5) is 16.2 Å². The lowest BCUT2D eigenvalue weighted by Crippen LogP contribution is -2.46. The van der Waals surface area contributed by atoms with Crippen LogP contribution in [-0.4, -0.2) is 82.0 Å². The predicted molar refractivity (Wildman–Crippen MR) is 148 cm³/mol. The number of fused-ring (bicyclic) bond motifs is 1. The standard InChI is InChI=1S/C28H37ClN4O4/c1-21-7-6-8-25(27(21)29)33-16-14-32(15-17-33)13-4-5-18-35-23-11-9-22-10-12-26(30-24(22)19-23)36-20-37-28(34)31(2)3/h6-9,11,19H,4-5,10,12-18,20H2,1-3H3. The number of anilines is 1. The Morgan fingerprint density at radius 2 is 1.86 bits per heavy atom. The van der Waals surface area contributed by atoms with E-state index in [2.05, 4.69) is 46.0 Å². The molecule has 0 radical (unpaired) electrons. The number of hydrogen-bond donors (Lipinski definition) is 0. The number of rotatable bonds is 9. The van der Waals surface area contributed by atoms with Crippen LogP contribution < -0.4 is 9.64 Å². The first-order valence-corrected chi connectivity index (χ1v) is 13.3. The van der Waals surface area contributed by atoms with Crippen LogP contribution in [0.2, 0.25) is 5.02 Å². The minimum absolute atomic E-state index is 0.143. The van der Waals surface area contributed by atoms with E-state index in [9.17, 15) is 4.79 Å². The van der Waals surface area contributed by atoms with Gasteiger partial charge in [0, 0.05) is 52.8 Å². The van der Waals surface area contributed by atoms with Crippen LogP contribution in [0.1, 0.15) is 30.4 Å². The summed E-state index contributed by atoms with van der Waals surface area (Å²) in [6, 6.07) is 12.3. The second-order valence-corrected chi connectivity index (χ2v) is 10.0. The molecule has 2 aromatic carbocycles. The third-order valence-electron chi connectivity index (χ3n) is 6.71. The number of aryl methyl sites for hydroxylation is 2. The zero-order valence-electron chi connectivity index (χ0n) is 22.0. The number of piperazine rings is 1. The number of carbonyl (C=O) groups is 1. The lowest BCUT2D eigenvalue weighted by atomic mass is 10.0. The molecule has 1 saturated heterocycles. The number of aliphatic imine (C=N–C) groups is 1. The number of unbranched alkanes of at least 4 members (excludes halogenated alkanes) is 1. The minimum Gasteiger partial charge on any atom is -0.494 e. The van der Waals surface area contributed by atoms with Gasteiger partial charge in [-0.25, -0.2) is 9.79 Å². The molecule has 1 amide bonds. The molecule has 37 heavy (non-hydrogen) atoms. The molecule has 0 N–H and O–H groups in total. The highest BCUT2D eigenvalue weighted by Crippen LogP contribution is 2.31. The number of nitrogens with zero attached hydrogens (tertiary/aromatic N) is 4. The lowest BCUT2D eigenvalue weighted by Gasteiger charge is -2.36. The third-order valence-corrected chi connectivity index (χ3v) is 7.20. The van der Waals surface area contributed by atoms with Crippen LogP contribution in [0, 0.1) is 6.92 Å². The highest BCUT2D eigenvalue weighted by atomic mass is 35.5. The third kappa shape index (κ3) is 7.52. The van der Waals surface area contributed by atoms with Gasteiger partial charge in [0.05, 0.1) is 23.0 Å². The molecule has 2 aromatic rings. The van der Waals surface area contributed by atoms with Crippen molar-refractivity contribution in [3.8, 4) is 5.75 Å². The SMILES string of the molecule is Cc1cccc(N2CCN(CCCCOc3ccc4c(c3)N=C(OCOC(=O)N(C)C)CC4)CC2)c1Cl. The predicted octanol–water partition coefficient (Wildman–Crippen LogP) is 5.28. The normalized spacial score (nSPS) is 15.6. The molecule has 9 heteroatoms. The van der Waals surface area contributed by atoms with Crippen molar-refractivity contribution in [2.45, 2.75) is 32.6 Å². The van der Waals surface area contributed by atoms with E-state index in [1.165, 1.54) is 4.90 Å². The van der Waals surface area contributed by atoms with Crippen molar-refractivity contribution in [1.82, 2.24) is 9.80 Å². The molecule has 1 fully saturated rings. The fraction of sp³-hybridized carbons (Fsp3) is 0.500. The Bertz CT molecular complexity index is 1100. The molecule has 0 aliphatic carbocycles. The number of ether oxygens (including phenoxy) is 3. The Kier molecular flexibility index (Phi) is 9.52. The Hall–Kier alpha value is -2.97. The van der Waals surface area contributed by atoms with Gasteiger partial charge in [-0.05, 0) is 56.0 Å². The first kappa shape index (κ1) is 27.1. The van der Waals surface area contributed by atoms with Crippen LogP contribution in [0.15, 0.2) is 41.4 Å². The summed E-state index contributed by atoms with van der Waals surface area (Å²) in [5, 5.41) is 0.871. The van der Waals surface area contributed by atoms with Crippen molar-refractivity contribution in [3.63, 3.8) is 0 Å². The van der Waals surface area contributed by atoms with Crippen LogP contribution >= 0.6 is 11.6 Å². The first-order valence-electron chi connectivity index (χ1n) is 12.9. The average Bonchev–Trinajstić information content (AvgIpc) is 2.90. The molecular formula is C28H37ClN4O4. The smallest absolute Gasteiger partial charge is 0.412 e. The van der Waals surface area contributed by atoms with Crippen molar-refractivity contribution in [1.29, 1.82) is 0 Å². The van der Waals surface area contributed by atoms with Crippen LogP contribution in [0.5, 0.6) is 5.75 Å². The Morgan fingerprint density at radius 3 is 2.65 bits per heavy atom. The van der Waals surface area contributed by atoms with Gasteiger partial charge < -0.3 is 24.0 Å². The van der Waals surface area contributed by atoms with Gasteiger partial charge in [-0.2, -0.15) is 0 Å². The zero-order valence-corrected chi connectivity index (χ0v) is 22.8. The first-order chi connectivity index (χ1) is 17.9. The van der Waals surface area contributed by atoms with E-state index in [0.717, 1.165) is 85.3 Å². The molecule has 2 aliphatic rings. The van der Waals surface area contributed by atoms with Crippen LogP contribution in [0.25, 0.3) is 0 Å². The largest absolute Gasteiger partial charge is 0.494 e. The van der Waals surface area contributed by atoms with E-state index in [1.54, 1.807) is 14.1 Å². The molecule has 200 valence electrons. The maximum Gasteiger partial charge on any atom is 0.412 e. The Balaban J connectivity index is 1.15. The van der Waals surface area contributed by atoms with Crippen molar-refractivity contribution < 1.29 is 19.0 Å². The van der Waals surface area contributed by atoms with Crippen molar-refractivity contribution in [2.75, 3.05) is 65.1 Å². The highest BCUT2D eigenvalue weighted by molar-refractivity contribution is 6.34. The highest BCUT2D eigenvalue weighted by Gasteiger charge is 2.19. The van der Waals surface area contributed by atoms with E-state index in [1.807, 2.05) is 12.1 Å². The van der Waals surface area contributed by atoms with Gasteiger partial charge in [0.1, 0.15) is 5.75 Å². The molecule has 2 heterocycles. The molecule has 8 nitrogen and oxygen atoms in total. The van der Waals surface area contributed by atoms with Gasteiger partial charge in [0.25, 0.3) is 0 Å². The van der Waals surface area contributed by atoms with E-state index in [-0.39, 0.29) is 6.79 Å². The van der Waals surface area contributed by atoms with E-state index >= 15 is 0 Å². The molecule has 0 saturated carbocycles. The van der Waals surface area contributed by atoms with Crippen molar-refractivity contribution in [3.05, 3.63) is 52.5 Å². The molecule has 0 bridgehead atoms. The molecule has 0 spiro atoms. The minimum atomic E-state index is -0.443. The summed E-state index contributed by atoms with van der Waals surface area (Å²) >= 11 is 6.52. The van der Waals surface area contributed by atoms with E-state index < -0.39 is 6.09 Å². The fourth-order valence-corrected chi connectivity index (χ4v) is 4.72. The van der Waals surface area contributed by atoms with Crippen LogP contribution in [-0.2, 0) is 15.9 Å². The summed E-state index contributed by atoms with van der Waals surface area (Å²) < 4.78 is 16.6. The van der Waals surface area contributed by atoms with E-state index in [0.29, 0.717) is 18.9 Å². The van der Waals surface area contributed by atoms with Gasteiger partial charge in [-0.3, -0.25) is 4.90 Å². The quantitative estimate of drug-likeness (QED) is 0.326. The zero-order chi connectivity index (χ0) is 26.2. The van der Waals surface area contributed by atoms with Gasteiger partial charge in [0.15, 0.2) is 5.90 Å². The average molecular weight is 529 g/mol. The summed E-state index contributed by atoms with van der Waals surface area (Å²) in [5.41, 5.74) is 4.29. The Labute approximate surface area is 224 Å². The van der Waals surface area contributed by atoms with Crippen molar-refractivity contribution in [2.24, 2.45) is 4.99 Å². The monoisotopic (exact) mass is 528 g/mol. The number of amides is 1. The van der Waals surface area contributed by atoms with Gasteiger partial charge in [-0.15, -0.1) is 0 Å². The number of hydrogen-bond acceptors (Lipinski definition) is 7. The maximum atomic E-state index is 11.5. The van der Waals surface area contributed by atoms with Gasteiger partial charge in [0.2, 0.25) is 6.79 Å². The maximum absolute atomic E-state index is 11.5. The second kappa shape index (κ2) is 13.0. The Morgan fingerprint density at radius 1 is 1.05 bits per heavy atom. The number of halogens is 1. The number of carbonyl (C=O) groups excluding carboxylic acids is 1. The van der Waals surface area contributed by atoms with Gasteiger partial charge in [-0.1, -0.05) is 29.8 Å². The molecule has 4 rings (SSSR count). The molecular weight excluding hydrogens is 492 g/mol. The fourth-order valence-electron chi connectivity index (χ4n) is 4.48. The lowest BCUT2D eigenvalue weighted by molar-refractivity contribution is 0.0353. The molecule has 0 aromatic heterocycles. The molecule has 0 atom stereocenters. The summed E-state index contributed by atoms with van der Waals surface area (Å²) in [6.45, 7) is 7.76. The molecule has 0 unspecified atom stereocenters. The topological polar surface area (TPSA) is 66.8 Å². The summed E-state index contributed by atoms with van der Waals surface area (Å²) in [4.78, 5) is 22.4. The van der Waals surface area contributed by atoms with E-state index in [4.69, 9.17) is 25.8 Å². The van der Waals surface area contributed by atoms with Crippen LogP contribution in [0.3, 0.4) is 0 Å². The second-order valence-electron chi connectivity index (χ2n) is 9.66. The summed E-state index contributed by atoms with van der Waals surface area (Å²) in [5.74, 6) is 1.38. The van der Waals surface area contributed by atoms with Gasteiger partial charge >= 0.3 is 6.09 Å². The summed E-state index contributed by atoms with van der Waals surface area (Å²) in [6.07, 6.45) is 3.16. The van der Waals surface area contributed by atoms with Crippen molar-refractivity contribution >= 4 is 35.0 Å². The summed E-state index contributed by atoms with van der Waals surface area (Å²) in [7, 11) is 3.26. The molecule has 2 aliphatic heterocycles. The number of benzene rings is 2.